The second-order valence-corrected chi connectivity index (χ2v) is 6.46. The molecule has 0 radical (unpaired) electrons. The van der Waals surface area contributed by atoms with E-state index in [1.54, 1.807) is 30.5 Å². The Labute approximate surface area is 175 Å². The van der Waals surface area contributed by atoms with Crippen LogP contribution in [0.2, 0.25) is 5.02 Å². The number of ether oxygens (including phenoxy) is 1. The van der Waals surface area contributed by atoms with Crippen molar-refractivity contribution in [2.45, 2.75) is 25.9 Å². The number of hydrogen-bond donors (Lipinski definition) is 2. The number of nitrogens with two attached hydrogens (primary N) is 1. The predicted octanol–water partition coefficient (Wildman–Crippen LogP) is 6.11. The van der Waals surface area contributed by atoms with Crippen LogP contribution in [0.25, 0.3) is 0 Å². The number of benzene rings is 2. The zero-order valence-electron chi connectivity index (χ0n) is 15.4. The second-order valence-electron chi connectivity index (χ2n) is 6.05. The summed E-state index contributed by atoms with van der Waals surface area (Å²) in [5, 5.41) is 3.49. The minimum absolute atomic E-state index is 0. The third-order valence-corrected chi connectivity index (χ3v) is 4.51. The SMILES string of the molecule is CC[C@@H](Nc1cc(CN)ccn1)c1ccc(Cl)c(Oc2ccccc2)c1F.Cl. The zero-order valence-corrected chi connectivity index (χ0v) is 16.9. The van der Waals surface area contributed by atoms with Crippen molar-refractivity contribution in [2.24, 2.45) is 5.73 Å². The van der Waals surface area contributed by atoms with Crippen LogP contribution in [-0.2, 0) is 6.54 Å². The van der Waals surface area contributed by atoms with Gasteiger partial charge in [0.25, 0.3) is 0 Å². The second kappa shape index (κ2) is 10.3. The van der Waals surface area contributed by atoms with Crippen molar-refractivity contribution in [3.63, 3.8) is 0 Å². The third-order valence-electron chi connectivity index (χ3n) is 4.21. The molecule has 1 heterocycles. The maximum absolute atomic E-state index is 15.2. The maximum atomic E-state index is 15.2. The van der Waals surface area contributed by atoms with Gasteiger partial charge in [0.05, 0.1) is 11.1 Å². The Morgan fingerprint density at radius 3 is 2.61 bits per heavy atom. The van der Waals surface area contributed by atoms with E-state index < -0.39 is 5.82 Å². The highest BCUT2D eigenvalue weighted by molar-refractivity contribution is 6.32. The largest absolute Gasteiger partial charge is 0.453 e. The number of nitrogens with one attached hydrogen (secondary N) is 1. The smallest absolute Gasteiger partial charge is 0.181 e. The monoisotopic (exact) mass is 421 g/mol. The first-order valence-corrected chi connectivity index (χ1v) is 9.12. The van der Waals surface area contributed by atoms with Gasteiger partial charge in [0, 0.05) is 18.3 Å². The molecule has 148 valence electrons. The van der Waals surface area contributed by atoms with Crippen molar-refractivity contribution < 1.29 is 9.13 Å². The van der Waals surface area contributed by atoms with Crippen LogP contribution < -0.4 is 15.8 Å². The molecule has 3 N–H and O–H groups in total. The van der Waals surface area contributed by atoms with E-state index in [0.29, 0.717) is 30.1 Å². The number of para-hydroxylation sites is 1. The molecule has 0 saturated carbocycles. The van der Waals surface area contributed by atoms with E-state index in [1.165, 1.54) is 0 Å². The Kier molecular flexibility index (Phi) is 8.05. The molecule has 0 fully saturated rings. The van der Waals surface area contributed by atoms with Gasteiger partial charge in [-0.1, -0.05) is 42.8 Å². The van der Waals surface area contributed by atoms with Crippen LogP contribution in [0, 0.1) is 5.82 Å². The van der Waals surface area contributed by atoms with E-state index >= 15 is 4.39 Å². The first-order valence-electron chi connectivity index (χ1n) is 8.74. The van der Waals surface area contributed by atoms with E-state index in [-0.39, 0.29) is 29.2 Å². The average Bonchev–Trinajstić information content (AvgIpc) is 2.71. The fourth-order valence-corrected chi connectivity index (χ4v) is 2.96. The molecule has 2 aromatic carbocycles. The highest BCUT2D eigenvalue weighted by Crippen LogP contribution is 2.37. The van der Waals surface area contributed by atoms with Crippen LogP contribution in [0.5, 0.6) is 11.5 Å². The predicted molar refractivity (Wildman–Crippen MR) is 114 cm³/mol. The number of halogens is 3. The number of anilines is 1. The Bertz CT molecular complexity index is 909. The Balaban J connectivity index is 0.00000280. The van der Waals surface area contributed by atoms with E-state index in [4.69, 9.17) is 22.1 Å². The van der Waals surface area contributed by atoms with Gasteiger partial charge in [0.2, 0.25) is 0 Å². The molecule has 0 spiro atoms. The fraction of sp³-hybridized carbons (Fsp3) is 0.190. The molecule has 28 heavy (non-hydrogen) atoms. The van der Waals surface area contributed by atoms with Gasteiger partial charge in [-0.2, -0.15) is 0 Å². The summed E-state index contributed by atoms with van der Waals surface area (Å²) in [6.07, 6.45) is 2.33. The lowest BCUT2D eigenvalue weighted by Crippen LogP contribution is -2.13. The summed E-state index contributed by atoms with van der Waals surface area (Å²) in [5.74, 6) is 0.698. The van der Waals surface area contributed by atoms with Crippen LogP contribution in [0.1, 0.15) is 30.5 Å². The molecule has 0 bridgehead atoms. The summed E-state index contributed by atoms with van der Waals surface area (Å²) in [6, 6.07) is 15.7. The number of pyridine rings is 1. The lowest BCUT2D eigenvalue weighted by atomic mass is 10.0. The molecule has 4 nitrogen and oxygen atoms in total. The van der Waals surface area contributed by atoms with Crippen molar-refractivity contribution >= 4 is 29.8 Å². The molecule has 1 aromatic heterocycles. The van der Waals surface area contributed by atoms with Gasteiger partial charge < -0.3 is 15.8 Å². The zero-order chi connectivity index (χ0) is 19.2. The van der Waals surface area contributed by atoms with Gasteiger partial charge in [0.15, 0.2) is 11.6 Å². The first-order chi connectivity index (χ1) is 13.1. The molecule has 0 aliphatic carbocycles. The van der Waals surface area contributed by atoms with Gasteiger partial charge >= 0.3 is 0 Å². The minimum Gasteiger partial charge on any atom is -0.453 e. The minimum atomic E-state index is -0.485. The van der Waals surface area contributed by atoms with E-state index in [2.05, 4.69) is 10.3 Å². The van der Waals surface area contributed by atoms with Crippen molar-refractivity contribution in [3.8, 4) is 11.5 Å². The lowest BCUT2D eigenvalue weighted by molar-refractivity contribution is 0.436. The lowest BCUT2D eigenvalue weighted by Gasteiger charge is -2.21. The number of aromatic nitrogens is 1. The third kappa shape index (κ3) is 5.13. The van der Waals surface area contributed by atoms with Crippen LogP contribution in [-0.4, -0.2) is 4.98 Å². The number of nitrogens with zero attached hydrogens (tertiary/aromatic N) is 1. The first kappa shape index (κ1) is 22.0. The van der Waals surface area contributed by atoms with Crippen molar-refractivity contribution in [1.82, 2.24) is 4.98 Å². The highest BCUT2D eigenvalue weighted by Gasteiger charge is 2.21. The van der Waals surface area contributed by atoms with Crippen LogP contribution >= 0.6 is 24.0 Å². The van der Waals surface area contributed by atoms with Crippen LogP contribution in [0.15, 0.2) is 60.8 Å². The highest BCUT2D eigenvalue weighted by atomic mass is 35.5. The van der Waals surface area contributed by atoms with E-state index in [1.807, 2.05) is 37.3 Å². The van der Waals surface area contributed by atoms with Gasteiger partial charge in [-0.3, -0.25) is 0 Å². The Hall–Kier alpha value is -2.34. The molecular weight excluding hydrogens is 400 g/mol. The topological polar surface area (TPSA) is 60.2 Å². The summed E-state index contributed by atoms with van der Waals surface area (Å²) in [7, 11) is 0. The van der Waals surface area contributed by atoms with Crippen molar-refractivity contribution in [1.29, 1.82) is 0 Å². The van der Waals surface area contributed by atoms with E-state index in [0.717, 1.165) is 5.56 Å². The summed E-state index contributed by atoms with van der Waals surface area (Å²) >= 11 is 6.19. The number of rotatable bonds is 7. The summed E-state index contributed by atoms with van der Waals surface area (Å²) < 4.78 is 20.9. The molecule has 0 saturated heterocycles. The van der Waals surface area contributed by atoms with E-state index in [9.17, 15) is 0 Å². The molecule has 0 aliphatic heterocycles. The molecule has 0 unspecified atom stereocenters. The van der Waals surface area contributed by atoms with Crippen LogP contribution in [0.4, 0.5) is 10.2 Å². The molecule has 3 aromatic rings. The molecule has 0 aliphatic rings. The summed E-state index contributed by atoms with van der Waals surface area (Å²) in [4.78, 5) is 4.29. The van der Waals surface area contributed by atoms with Gasteiger partial charge in [-0.05, 0) is 42.3 Å². The molecule has 1 atom stereocenters. The molecule has 7 heteroatoms. The van der Waals surface area contributed by atoms with Crippen LogP contribution in [0.3, 0.4) is 0 Å². The Morgan fingerprint density at radius 2 is 1.93 bits per heavy atom. The van der Waals surface area contributed by atoms with Gasteiger partial charge in [-0.15, -0.1) is 12.4 Å². The van der Waals surface area contributed by atoms with Gasteiger partial charge in [-0.25, -0.2) is 9.37 Å². The maximum Gasteiger partial charge on any atom is 0.181 e. The Morgan fingerprint density at radius 1 is 1.18 bits per heavy atom. The summed E-state index contributed by atoms with van der Waals surface area (Å²) in [5.41, 5.74) is 7.10. The fourth-order valence-electron chi connectivity index (χ4n) is 2.78. The summed E-state index contributed by atoms with van der Waals surface area (Å²) in [6.45, 7) is 2.38. The standard InChI is InChI=1S/C21H21ClFN3O.ClH/c1-2-18(26-19-12-14(13-24)10-11-25-19)16-8-9-17(22)21(20(16)23)27-15-6-4-3-5-7-15;/h3-12,18H,2,13,24H2,1H3,(H,25,26);1H/t18-;/m1./s1. The quantitative estimate of drug-likeness (QED) is 0.482. The molecule has 0 amide bonds. The average molecular weight is 422 g/mol. The molecular formula is C21H22Cl2FN3O. The van der Waals surface area contributed by atoms with Crippen molar-refractivity contribution in [2.75, 3.05) is 5.32 Å². The number of hydrogen-bond acceptors (Lipinski definition) is 4. The van der Waals surface area contributed by atoms with Crippen molar-refractivity contribution in [3.05, 3.63) is 82.8 Å². The van der Waals surface area contributed by atoms with Gasteiger partial charge in [0.1, 0.15) is 11.6 Å². The molecule has 3 rings (SSSR count). The normalized spacial score (nSPS) is 11.4.